The number of aromatic nitrogens is 5. The maximum atomic E-state index is 12.9. The molecule has 0 fully saturated rings. The lowest BCUT2D eigenvalue weighted by Crippen LogP contribution is -2.18. The van der Waals surface area contributed by atoms with Crippen molar-refractivity contribution in [1.29, 1.82) is 5.41 Å². The maximum absolute atomic E-state index is 12.9. The van der Waals surface area contributed by atoms with Crippen LogP contribution in [0.2, 0.25) is 0 Å². The topological polar surface area (TPSA) is 183 Å². The number of hydrogen-bond acceptors (Lipinski definition) is 10. The van der Waals surface area contributed by atoms with E-state index in [1.54, 1.807) is 31.4 Å². The van der Waals surface area contributed by atoms with Gasteiger partial charge in [0, 0.05) is 31.1 Å². The van der Waals surface area contributed by atoms with Crippen molar-refractivity contribution in [3.8, 4) is 23.2 Å². The van der Waals surface area contributed by atoms with E-state index in [4.69, 9.17) is 25.4 Å². The first-order valence-electron chi connectivity index (χ1n) is 12.1. The molecule has 0 unspecified atom stereocenters. The summed E-state index contributed by atoms with van der Waals surface area (Å²) in [4.78, 5) is 35.6. The number of benzene rings is 2. The quantitative estimate of drug-likeness (QED) is 0.114. The highest BCUT2D eigenvalue weighted by Gasteiger charge is 2.26. The van der Waals surface area contributed by atoms with E-state index >= 15 is 0 Å². The molecule has 0 amide bonds. The normalized spacial score (nSPS) is 13.1. The number of aromatic amines is 1. The highest BCUT2D eigenvalue weighted by Crippen LogP contribution is 2.39. The van der Waals surface area contributed by atoms with E-state index in [0.29, 0.717) is 23.8 Å². The van der Waals surface area contributed by atoms with Gasteiger partial charge in [-0.25, -0.2) is 14.8 Å². The molecule has 0 saturated heterocycles. The Morgan fingerprint density at radius 2 is 2.03 bits per heavy atom. The smallest absolute Gasteiger partial charge is 0.350 e. The van der Waals surface area contributed by atoms with E-state index in [1.165, 1.54) is 19.3 Å². The number of nitrogens with zero attached hydrogens (tertiary/aromatic N) is 4. The van der Waals surface area contributed by atoms with Crippen LogP contribution in [0.3, 0.4) is 0 Å². The van der Waals surface area contributed by atoms with Gasteiger partial charge in [-0.3, -0.25) is 15.2 Å². The molecule has 200 valence electrons. The number of carbonyl (C=O) groups is 1. The molecule has 2 aromatic heterocycles. The second-order valence-electron chi connectivity index (χ2n) is 8.74. The van der Waals surface area contributed by atoms with Crippen LogP contribution in [-0.2, 0) is 11.2 Å². The molecule has 1 aliphatic rings. The van der Waals surface area contributed by atoms with Gasteiger partial charge in [0.2, 0.25) is 0 Å². The molecule has 0 aliphatic carbocycles. The molecular weight excluding hydrogens is 504 g/mol. The number of methoxy groups -OCH3 is 1. The summed E-state index contributed by atoms with van der Waals surface area (Å²) in [6.07, 6.45) is 4.67. The maximum Gasteiger partial charge on any atom is 0.350 e. The van der Waals surface area contributed by atoms with Gasteiger partial charge in [-0.2, -0.15) is 0 Å². The molecule has 13 heteroatoms. The number of esters is 1. The monoisotopic (exact) mass is 530 g/mol. The number of hydrogen-bond donors (Lipinski definition) is 4. The number of H-pyrrole nitrogens is 1. The number of amidine groups is 1. The van der Waals surface area contributed by atoms with Crippen LogP contribution in [0.1, 0.15) is 41.9 Å². The Bertz CT molecular complexity index is 1580. The highest BCUT2D eigenvalue weighted by atomic mass is 16.5. The Hall–Kier alpha value is -5.20. The fourth-order valence-electron chi connectivity index (χ4n) is 4.35. The summed E-state index contributed by atoms with van der Waals surface area (Å²) >= 11 is 0. The van der Waals surface area contributed by atoms with Crippen molar-refractivity contribution < 1.29 is 19.0 Å². The molecule has 5 rings (SSSR count). The molecule has 39 heavy (non-hydrogen) atoms. The molecule has 1 atom stereocenters. The van der Waals surface area contributed by atoms with Gasteiger partial charge in [0.15, 0.2) is 17.3 Å². The molecule has 4 aromatic rings. The zero-order chi connectivity index (χ0) is 27.5. The van der Waals surface area contributed by atoms with Crippen LogP contribution in [0, 0.1) is 5.41 Å². The van der Waals surface area contributed by atoms with Crippen LogP contribution >= 0.6 is 0 Å². The van der Waals surface area contributed by atoms with Crippen molar-refractivity contribution in [3.63, 3.8) is 0 Å². The second kappa shape index (κ2) is 10.7. The van der Waals surface area contributed by atoms with Gasteiger partial charge in [0.05, 0.1) is 19.3 Å². The van der Waals surface area contributed by atoms with Gasteiger partial charge in [-0.05, 0) is 54.3 Å². The molecule has 13 nitrogen and oxygen atoms in total. The zero-order valence-corrected chi connectivity index (χ0v) is 21.2. The van der Waals surface area contributed by atoms with Gasteiger partial charge in [0.1, 0.15) is 17.6 Å². The summed E-state index contributed by atoms with van der Waals surface area (Å²) < 4.78 is 17.9. The third kappa shape index (κ3) is 5.28. The number of aryl methyl sites for hydroxylation is 1. The van der Waals surface area contributed by atoms with Crippen molar-refractivity contribution in [1.82, 2.24) is 24.7 Å². The summed E-state index contributed by atoms with van der Waals surface area (Å²) in [5, 5.41) is 15.7. The number of rotatable bonds is 8. The lowest BCUT2D eigenvalue weighted by Gasteiger charge is -2.24. The lowest BCUT2D eigenvalue weighted by atomic mass is 9.97. The lowest BCUT2D eigenvalue weighted by molar-refractivity contribution is -0.131. The van der Waals surface area contributed by atoms with Crippen LogP contribution in [0.5, 0.6) is 17.2 Å². The van der Waals surface area contributed by atoms with Crippen LogP contribution in [-0.4, -0.2) is 50.3 Å². The number of anilines is 1. The fraction of sp³-hybridized carbons (Fsp3) is 0.231. The Morgan fingerprint density at radius 3 is 2.74 bits per heavy atom. The fourth-order valence-corrected chi connectivity index (χ4v) is 4.35. The molecule has 5 N–H and O–H groups in total. The number of nitrogen functional groups attached to an aromatic ring is 1. The van der Waals surface area contributed by atoms with Gasteiger partial charge >= 0.3 is 11.7 Å². The summed E-state index contributed by atoms with van der Waals surface area (Å²) in [6.45, 7) is 1.86. The third-order valence-electron chi connectivity index (χ3n) is 6.03. The minimum atomic E-state index is -0.697. The van der Waals surface area contributed by atoms with Crippen molar-refractivity contribution in [2.24, 2.45) is 5.73 Å². The average Bonchev–Trinajstić information content (AvgIpc) is 3.32. The molecule has 0 bridgehead atoms. The van der Waals surface area contributed by atoms with Crippen LogP contribution in [0.25, 0.3) is 5.95 Å². The van der Waals surface area contributed by atoms with Crippen molar-refractivity contribution >= 4 is 17.5 Å². The molecular formula is C26H26N8O5. The summed E-state index contributed by atoms with van der Waals surface area (Å²) in [5.41, 5.74) is 7.62. The summed E-state index contributed by atoms with van der Waals surface area (Å²) in [5.74, 6) is 0.933. The second-order valence-corrected chi connectivity index (χ2v) is 8.74. The Labute approximate surface area is 222 Å². The van der Waals surface area contributed by atoms with Gasteiger partial charge in [-0.15, -0.1) is 9.78 Å². The molecule has 3 heterocycles. The molecule has 2 aromatic carbocycles. The number of ether oxygens (including phenoxy) is 3. The number of carbonyl (C=O) groups excluding carboxylic acids is 1. The van der Waals surface area contributed by atoms with E-state index in [9.17, 15) is 9.59 Å². The SMILES string of the molecule is COc1cc([C@H](Nc2ccc(C(=N)N)c(OC(C)=O)c2)c2nn(-c3ncccn3)c(=O)[nH]2)cc2c1OCCC2. The minimum absolute atomic E-state index is 0.114. The van der Waals surface area contributed by atoms with Crippen molar-refractivity contribution in [2.75, 3.05) is 19.0 Å². The van der Waals surface area contributed by atoms with E-state index in [-0.39, 0.29) is 28.9 Å². The largest absolute Gasteiger partial charge is 0.493 e. The van der Waals surface area contributed by atoms with E-state index in [2.05, 4.69) is 25.4 Å². The first kappa shape index (κ1) is 25.4. The van der Waals surface area contributed by atoms with Crippen LogP contribution in [0.4, 0.5) is 5.69 Å². The average molecular weight is 531 g/mol. The van der Waals surface area contributed by atoms with Gasteiger partial charge < -0.3 is 25.3 Å². The van der Waals surface area contributed by atoms with E-state index in [0.717, 1.165) is 28.7 Å². The highest BCUT2D eigenvalue weighted by molar-refractivity contribution is 5.98. The predicted octanol–water partition coefficient (Wildman–Crippen LogP) is 2.10. The Kier molecular flexibility index (Phi) is 6.95. The Balaban J connectivity index is 1.63. The van der Waals surface area contributed by atoms with Gasteiger partial charge in [-0.1, -0.05) is 0 Å². The molecule has 0 saturated carbocycles. The van der Waals surface area contributed by atoms with E-state index < -0.39 is 17.7 Å². The zero-order valence-electron chi connectivity index (χ0n) is 21.2. The first-order chi connectivity index (χ1) is 18.8. The molecule has 0 radical (unpaired) electrons. The van der Waals surface area contributed by atoms with Crippen molar-refractivity contribution in [2.45, 2.75) is 25.8 Å². The number of nitrogens with one attached hydrogen (secondary N) is 3. The van der Waals surface area contributed by atoms with Gasteiger partial charge in [0.25, 0.3) is 5.95 Å². The molecule has 0 spiro atoms. The summed E-state index contributed by atoms with van der Waals surface area (Å²) in [6, 6.07) is 9.54. The number of nitrogens with two attached hydrogens (primary N) is 1. The number of fused-ring (bicyclic) bond motifs is 1. The first-order valence-corrected chi connectivity index (χ1v) is 12.1. The van der Waals surface area contributed by atoms with Crippen LogP contribution in [0.15, 0.2) is 53.6 Å². The third-order valence-corrected chi connectivity index (χ3v) is 6.03. The standard InChI is InChI=1S/C26H26N8O5/c1-14(35)39-19-13-17(6-7-18(19)23(27)28)31-21(16-11-15-5-3-10-38-22(15)20(12-16)37-2)24-32-26(36)34(33-24)25-29-8-4-9-30-25/h4,6-9,11-13,21,31H,3,5,10H2,1-2H3,(H3,27,28)(H,32,33,36)/t21-/m0/s1. The summed E-state index contributed by atoms with van der Waals surface area (Å²) in [7, 11) is 1.56. The predicted molar refractivity (Wildman–Crippen MR) is 141 cm³/mol. The molecule has 1 aliphatic heterocycles. The van der Waals surface area contributed by atoms with E-state index in [1.807, 2.05) is 12.1 Å². The van der Waals surface area contributed by atoms with Crippen molar-refractivity contribution in [3.05, 3.63) is 81.8 Å². The van der Waals surface area contributed by atoms with Crippen LogP contribution < -0.4 is 31.0 Å². The Morgan fingerprint density at radius 1 is 1.23 bits per heavy atom. The minimum Gasteiger partial charge on any atom is -0.493 e.